The van der Waals surface area contributed by atoms with E-state index < -0.39 is 0 Å². The Morgan fingerprint density at radius 1 is 1.05 bits per heavy atom. The fourth-order valence-corrected chi connectivity index (χ4v) is 4.68. The van der Waals surface area contributed by atoms with Gasteiger partial charge in [0.15, 0.2) is 16.0 Å². The van der Waals surface area contributed by atoms with Crippen molar-refractivity contribution in [1.29, 1.82) is 0 Å². The van der Waals surface area contributed by atoms with Gasteiger partial charge in [0.25, 0.3) is 0 Å². The minimum absolute atomic E-state index is 0.279. The third-order valence-corrected chi connectivity index (χ3v) is 6.03. The Morgan fingerprint density at radius 2 is 1.81 bits per heavy atom. The highest BCUT2D eigenvalue weighted by atomic mass is 32.1. The molecule has 0 atom stereocenters. The van der Waals surface area contributed by atoms with Crippen LogP contribution in [0.3, 0.4) is 0 Å². The molecule has 0 N–H and O–H groups in total. The summed E-state index contributed by atoms with van der Waals surface area (Å²) in [5.41, 5.74) is 1.02. The number of anilines is 2. The number of carbonyl (C=O) groups excluding carboxylic acids is 1. The highest BCUT2D eigenvalue weighted by Gasteiger charge is 2.26. The van der Waals surface area contributed by atoms with Gasteiger partial charge in [0.05, 0.1) is 10.6 Å². The molecule has 0 radical (unpaired) electrons. The van der Waals surface area contributed by atoms with Crippen LogP contribution in [0, 0.1) is 0 Å². The average molecular weight is 320 g/mol. The standard InChI is InChI=1S/C14H16N4OS2/c19-11-3-1-2-10-12(11)21-14(16-10)18-7-5-17(6-8-18)13-15-4-9-20-13/h4,9H,1-3,5-8H2. The Kier molecular flexibility index (Phi) is 3.39. The van der Waals surface area contributed by atoms with Crippen LogP contribution in [0.5, 0.6) is 0 Å². The minimum Gasteiger partial charge on any atom is -0.345 e. The van der Waals surface area contributed by atoms with Crippen molar-refractivity contribution in [3.8, 4) is 0 Å². The van der Waals surface area contributed by atoms with E-state index in [1.807, 2.05) is 11.6 Å². The summed E-state index contributed by atoms with van der Waals surface area (Å²) in [7, 11) is 0. The van der Waals surface area contributed by atoms with Crippen molar-refractivity contribution in [3.05, 3.63) is 22.1 Å². The highest BCUT2D eigenvalue weighted by Crippen LogP contribution is 2.32. The largest absolute Gasteiger partial charge is 0.345 e. The topological polar surface area (TPSA) is 49.3 Å². The van der Waals surface area contributed by atoms with E-state index in [9.17, 15) is 4.79 Å². The van der Waals surface area contributed by atoms with Gasteiger partial charge in [-0.1, -0.05) is 11.3 Å². The van der Waals surface area contributed by atoms with Crippen LogP contribution in [0.25, 0.3) is 0 Å². The second-order valence-corrected chi connectivity index (χ2v) is 7.19. The predicted octanol–water partition coefficient (Wildman–Crippen LogP) is 2.45. The zero-order valence-electron chi connectivity index (χ0n) is 11.6. The molecule has 2 aromatic heterocycles. The lowest BCUT2D eigenvalue weighted by atomic mass is 10.0. The Morgan fingerprint density at radius 3 is 2.48 bits per heavy atom. The van der Waals surface area contributed by atoms with Crippen molar-refractivity contribution < 1.29 is 4.79 Å². The van der Waals surface area contributed by atoms with E-state index >= 15 is 0 Å². The first kappa shape index (κ1) is 13.2. The summed E-state index contributed by atoms with van der Waals surface area (Å²) in [6, 6.07) is 0. The van der Waals surface area contributed by atoms with Crippen LogP contribution in [0.4, 0.5) is 10.3 Å². The maximum atomic E-state index is 11.9. The van der Waals surface area contributed by atoms with Crippen molar-refractivity contribution in [2.45, 2.75) is 19.3 Å². The first-order valence-corrected chi connectivity index (χ1v) is 8.93. The SMILES string of the molecule is O=C1CCCc2nc(N3CCN(c4nccs4)CC3)sc21. The first-order valence-electron chi connectivity index (χ1n) is 7.23. The van der Waals surface area contributed by atoms with Gasteiger partial charge in [-0.25, -0.2) is 9.97 Å². The zero-order chi connectivity index (χ0) is 14.2. The Bertz CT molecular complexity index is 644. The highest BCUT2D eigenvalue weighted by molar-refractivity contribution is 7.17. The molecule has 4 rings (SSSR count). The molecule has 110 valence electrons. The van der Waals surface area contributed by atoms with Gasteiger partial charge in [0.1, 0.15) is 0 Å². The van der Waals surface area contributed by atoms with Crippen molar-refractivity contribution in [1.82, 2.24) is 9.97 Å². The van der Waals surface area contributed by atoms with E-state index in [1.54, 1.807) is 22.7 Å². The van der Waals surface area contributed by atoms with Gasteiger partial charge in [0, 0.05) is 44.2 Å². The van der Waals surface area contributed by atoms with E-state index in [0.29, 0.717) is 6.42 Å². The van der Waals surface area contributed by atoms with Crippen molar-refractivity contribution in [2.75, 3.05) is 36.0 Å². The Labute approximate surface area is 131 Å². The van der Waals surface area contributed by atoms with Crippen LogP contribution in [0.1, 0.15) is 28.2 Å². The summed E-state index contributed by atoms with van der Waals surface area (Å²) >= 11 is 3.27. The summed E-state index contributed by atoms with van der Waals surface area (Å²) in [6.45, 7) is 3.82. The molecule has 1 aliphatic carbocycles. The third-order valence-electron chi connectivity index (χ3n) is 4.00. The van der Waals surface area contributed by atoms with Crippen molar-refractivity contribution in [2.24, 2.45) is 0 Å². The quantitative estimate of drug-likeness (QED) is 0.850. The second-order valence-electron chi connectivity index (χ2n) is 5.34. The normalized spacial score (nSPS) is 19.0. The molecule has 21 heavy (non-hydrogen) atoms. The number of thiazole rings is 2. The van der Waals surface area contributed by atoms with E-state index in [-0.39, 0.29) is 5.78 Å². The van der Waals surface area contributed by atoms with Crippen LogP contribution in [-0.2, 0) is 6.42 Å². The van der Waals surface area contributed by atoms with E-state index in [1.165, 1.54) is 0 Å². The number of ketones is 1. The molecule has 1 aliphatic heterocycles. The first-order chi connectivity index (χ1) is 10.3. The van der Waals surface area contributed by atoms with Gasteiger partial charge in [0.2, 0.25) is 0 Å². The molecular weight excluding hydrogens is 304 g/mol. The van der Waals surface area contributed by atoms with Gasteiger partial charge >= 0.3 is 0 Å². The third kappa shape index (κ3) is 2.44. The Balaban J connectivity index is 1.48. The van der Waals surface area contributed by atoms with Crippen LogP contribution < -0.4 is 9.80 Å². The molecule has 0 aromatic carbocycles. The van der Waals surface area contributed by atoms with E-state index in [2.05, 4.69) is 14.8 Å². The summed E-state index contributed by atoms with van der Waals surface area (Å²) < 4.78 is 0. The molecule has 0 saturated carbocycles. The second kappa shape index (κ2) is 5.38. The number of fused-ring (bicyclic) bond motifs is 1. The molecular formula is C14H16N4OS2. The number of rotatable bonds is 2. The van der Waals surface area contributed by atoms with Gasteiger partial charge in [-0.15, -0.1) is 11.3 Å². The number of aryl methyl sites for hydroxylation is 1. The number of carbonyl (C=O) groups is 1. The molecule has 1 saturated heterocycles. The molecule has 5 nitrogen and oxygen atoms in total. The minimum atomic E-state index is 0.279. The monoisotopic (exact) mass is 320 g/mol. The van der Waals surface area contributed by atoms with Gasteiger partial charge < -0.3 is 9.80 Å². The fourth-order valence-electron chi connectivity index (χ4n) is 2.85. The Hall–Kier alpha value is -1.47. The number of nitrogens with zero attached hydrogens (tertiary/aromatic N) is 4. The van der Waals surface area contributed by atoms with Gasteiger partial charge in [-0.05, 0) is 12.8 Å². The molecule has 2 aromatic rings. The van der Waals surface area contributed by atoms with Crippen molar-refractivity contribution in [3.63, 3.8) is 0 Å². The molecule has 0 unspecified atom stereocenters. The summed E-state index contributed by atoms with van der Waals surface area (Å²) in [5.74, 6) is 0.279. The zero-order valence-corrected chi connectivity index (χ0v) is 13.3. The molecule has 7 heteroatoms. The lowest BCUT2D eigenvalue weighted by Crippen LogP contribution is -2.46. The van der Waals surface area contributed by atoms with Crippen LogP contribution in [0.2, 0.25) is 0 Å². The molecule has 3 heterocycles. The van der Waals surface area contributed by atoms with Crippen LogP contribution >= 0.6 is 22.7 Å². The summed E-state index contributed by atoms with van der Waals surface area (Å²) in [4.78, 5) is 26.5. The van der Waals surface area contributed by atoms with E-state index in [0.717, 1.165) is 59.9 Å². The lowest BCUT2D eigenvalue weighted by molar-refractivity contribution is 0.0976. The molecule has 0 bridgehead atoms. The maximum absolute atomic E-state index is 11.9. The number of Topliss-reactive ketones (excluding diaryl/α,β-unsaturated/α-hetero) is 1. The smallest absolute Gasteiger partial charge is 0.186 e. The predicted molar refractivity (Wildman–Crippen MR) is 85.9 cm³/mol. The lowest BCUT2D eigenvalue weighted by Gasteiger charge is -2.34. The number of hydrogen-bond acceptors (Lipinski definition) is 7. The molecule has 2 aliphatic rings. The van der Waals surface area contributed by atoms with Crippen LogP contribution in [0.15, 0.2) is 11.6 Å². The fraction of sp³-hybridized carbons (Fsp3) is 0.500. The van der Waals surface area contributed by atoms with Crippen molar-refractivity contribution >= 4 is 38.7 Å². The summed E-state index contributed by atoms with van der Waals surface area (Å²) in [6.07, 6.45) is 4.45. The number of hydrogen-bond donors (Lipinski definition) is 0. The summed E-state index contributed by atoms with van der Waals surface area (Å²) in [5, 5.41) is 4.14. The average Bonchev–Trinajstić information content (AvgIpc) is 3.18. The number of aromatic nitrogens is 2. The molecule has 0 spiro atoms. The van der Waals surface area contributed by atoms with Gasteiger partial charge in [-0.3, -0.25) is 4.79 Å². The van der Waals surface area contributed by atoms with Gasteiger partial charge in [-0.2, -0.15) is 0 Å². The van der Waals surface area contributed by atoms with Crippen LogP contribution in [-0.4, -0.2) is 41.9 Å². The van der Waals surface area contributed by atoms with E-state index in [4.69, 9.17) is 4.98 Å². The maximum Gasteiger partial charge on any atom is 0.186 e. The molecule has 0 amide bonds. The molecule has 1 fully saturated rings. The number of piperazine rings is 1.